The van der Waals surface area contributed by atoms with Gasteiger partial charge in [-0.2, -0.15) is 0 Å². The van der Waals surface area contributed by atoms with Gasteiger partial charge in [0.05, 0.1) is 10.9 Å². The van der Waals surface area contributed by atoms with Crippen LogP contribution in [0.25, 0.3) is 11.1 Å². The largest absolute Gasteiger partial charge is 0.398 e. The van der Waals surface area contributed by atoms with E-state index in [9.17, 15) is 17.6 Å². The Morgan fingerprint density at radius 3 is 2.26 bits per heavy atom. The van der Waals surface area contributed by atoms with Gasteiger partial charge in [-0.1, -0.05) is 48.5 Å². The second kappa shape index (κ2) is 10.6. The van der Waals surface area contributed by atoms with Crippen molar-refractivity contribution in [1.82, 2.24) is 10.0 Å². The molecule has 4 N–H and O–H groups in total. The van der Waals surface area contributed by atoms with Crippen molar-refractivity contribution in [2.24, 2.45) is 5.92 Å². The second-order valence-corrected chi connectivity index (χ2v) is 10.8. The van der Waals surface area contributed by atoms with Crippen molar-refractivity contribution in [2.45, 2.75) is 49.6 Å². The number of halogens is 1. The Hall–Kier alpha value is -3.23. The topological polar surface area (TPSA) is 101 Å². The van der Waals surface area contributed by atoms with E-state index in [-0.39, 0.29) is 34.6 Å². The van der Waals surface area contributed by atoms with Gasteiger partial charge in [0.15, 0.2) is 0 Å². The minimum absolute atomic E-state index is 0.0626. The molecule has 0 heterocycles. The van der Waals surface area contributed by atoms with Gasteiger partial charge < -0.3 is 11.1 Å². The molecule has 1 aliphatic rings. The first kappa shape index (κ1) is 24.9. The van der Waals surface area contributed by atoms with Gasteiger partial charge in [-0.15, -0.1) is 0 Å². The Morgan fingerprint density at radius 2 is 1.63 bits per heavy atom. The quantitative estimate of drug-likeness (QED) is 0.410. The minimum Gasteiger partial charge on any atom is -0.398 e. The van der Waals surface area contributed by atoms with E-state index in [1.807, 2.05) is 37.3 Å². The zero-order chi connectivity index (χ0) is 25.0. The molecule has 0 saturated heterocycles. The number of carbonyl (C=O) groups excluding carboxylic acids is 1. The highest BCUT2D eigenvalue weighted by Crippen LogP contribution is 2.30. The summed E-state index contributed by atoms with van der Waals surface area (Å²) in [5.41, 5.74) is 9.11. The summed E-state index contributed by atoms with van der Waals surface area (Å²) < 4.78 is 41.8. The van der Waals surface area contributed by atoms with Crippen molar-refractivity contribution in [3.8, 4) is 11.1 Å². The number of anilines is 1. The van der Waals surface area contributed by atoms with E-state index >= 15 is 0 Å². The molecular formula is C27H30FN3O3S. The van der Waals surface area contributed by atoms with Crippen molar-refractivity contribution < 1.29 is 17.6 Å². The third-order valence-corrected chi connectivity index (χ3v) is 8.08. The normalized spacial score (nSPS) is 19.1. The van der Waals surface area contributed by atoms with Crippen molar-refractivity contribution >= 4 is 21.6 Å². The number of nitrogens with one attached hydrogen (secondary N) is 2. The van der Waals surface area contributed by atoms with Crippen LogP contribution in [0.3, 0.4) is 0 Å². The van der Waals surface area contributed by atoms with Gasteiger partial charge in [0, 0.05) is 23.2 Å². The molecule has 0 aromatic heterocycles. The van der Waals surface area contributed by atoms with Crippen LogP contribution in [0.2, 0.25) is 0 Å². The average Bonchev–Trinajstić information content (AvgIpc) is 2.85. The zero-order valence-electron chi connectivity index (χ0n) is 19.6. The summed E-state index contributed by atoms with van der Waals surface area (Å²) in [4.78, 5) is 12.8. The van der Waals surface area contributed by atoms with Gasteiger partial charge >= 0.3 is 0 Å². The summed E-state index contributed by atoms with van der Waals surface area (Å²) in [7, 11) is -3.74. The number of hydrogen-bond donors (Lipinski definition) is 3. The SMILES string of the molecule is C[C@@H](NC(=O)C1CCC(NS(=O)(=O)c2ccc(-c3ccccc3)c(N)c2)CC1)c1ccc(F)cc1. The summed E-state index contributed by atoms with van der Waals surface area (Å²) in [6.07, 6.45) is 2.31. The molecule has 0 radical (unpaired) electrons. The Labute approximate surface area is 205 Å². The van der Waals surface area contributed by atoms with Gasteiger partial charge in [-0.05, 0) is 68.0 Å². The lowest BCUT2D eigenvalue weighted by Gasteiger charge is -2.29. The average molecular weight is 496 g/mol. The summed E-state index contributed by atoms with van der Waals surface area (Å²) in [6, 6.07) is 19.9. The highest BCUT2D eigenvalue weighted by atomic mass is 32.2. The standard InChI is InChI=1S/C27H30FN3O3S/c1-18(19-7-11-22(28)12-8-19)30-27(32)21-9-13-23(14-10-21)31-35(33,34)24-15-16-25(26(29)17-24)20-5-3-2-4-6-20/h2-8,11-12,15-18,21,23,31H,9-10,13-14,29H2,1H3,(H,30,32)/t18-,21?,23?/m1/s1. The molecule has 1 aliphatic carbocycles. The Kier molecular flexibility index (Phi) is 7.52. The van der Waals surface area contributed by atoms with E-state index in [1.165, 1.54) is 18.2 Å². The molecule has 35 heavy (non-hydrogen) atoms. The zero-order valence-corrected chi connectivity index (χ0v) is 20.4. The fraction of sp³-hybridized carbons (Fsp3) is 0.296. The van der Waals surface area contributed by atoms with Crippen LogP contribution in [-0.2, 0) is 14.8 Å². The maximum atomic E-state index is 13.1. The molecule has 1 fully saturated rings. The molecule has 3 aromatic rings. The van der Waals surface area contributed by atoms with Gasteiger partial charge in [0.25, 0.3) is 0 Å². The molecule has 184 valence electrons. The molecule has 0 aliphatic heterocycles. The van der Waals surface area contributed by atoms with Crippen LogP contribution in [0.5, 0.6) is 0 Å². The third kappa shape index (κ3) is 6.07. The minimum atomic E-state index is -3.74. The molecule has 1 saturated carbocycles. The van der Waals surface area contributed by atoms with Crippen LogP contribution in [0.4, 0.5) is 10.1 Å². The Bertz CT molecular complexity index is 1270. The number of rotatable bonds is 7. The Balaban J connectivity index is 1.33. The van der Waals surface area contributed by atoms with Crippen molar-refractivity contribution in [1.29, 1.82) is 0 Å². The third-order valence-electron chi connectivity index (χ3n) is 6.57. The lowest BCUT2D eigenvalue weighted by Crippen LogP contribution is -2.41. The predicted molar refractivity (Wildman–Crippen MR) is 135 cm³/mol. The van der Waals surface area contributed by atoms with E-state index in [0.29, 0.717) is 31.4 Å². The van der Waals surface area contributed by atoms with E-state index in [4.69, 9.17) is 5.73 Å². The van der Waals surface area contributed by atoms with Crippen molar-refractivity contribution in [3.63, 3.8) is 0 Å². The number of nitrogen functional groups attached to an aromatic ring is 1. The van der Waals surface area contributed by atoms with E-state index in [0.717, 1.165) is 16.7 Å². The van der Waals surface area contributed by atoms with Gasteiger partial charge in [0.2, 0.25) is 15.9 Å². The maximum absolute atomic E-state index is 13.1. The molecule has 3 aromatic carbocycles. The number of carbonyl (C=O) groups is 1. The lowest BCUT2D eigenvalue weighted by atomic mass is 9.85. The molecule has 0 unspecified atom stereocenters. The van der Waals surface area contributed by atoms with Gasteiger partial charge in [0.1, 0.15) is 5.82 Å². The summed E-state index contributed by atoms with van der Waals surface area (Å²) in [5.74, 6) is -0.560. The van der Waals surface area contributed by atoms with Crippen molar-refractivity contribution in [3.05, 3.63) is 84.2 Å². The fourth-order valence-electron chi connectivity index (χ4n) is 4.52. The highest BCUT2D eigenvalue weighted by Gasteiger charge is 2.30. The number of nitrogens with two attached hydrogens (primary N) is 1. The molecule has 0 spiro atoms. The fourth-order valence-corrected chi connectivity index (χ4v) is 5.86. The van der Waals surface area contributed by atoms with Crippen LogP contribution in [0, 0.1) is 11.7 Å². The van der Waals surface area contributed by atoms with Crippen LogP contribution < -0.4 is 15.8 Å². The summed E-state index contributed by atoms with van der Waals surface area (Å²) >= 11 is 0. The van der Waals surface area contributed by atoms with Gasteiger partial charge in [-0.3, -0.25) is 4.79 Å². The molecule has 0 bridgehead atoms. The number of hydrogen-bond acceptors (Lipinski definition) is 4. The smallest absolute Gasteiger partial charge is 0.240 e. The monoisotopic (exact) mass is 495 g/mol. The first-order chi connectivity index (χ1) is 16.7. The summed E-state index contributed by atoms with van der Waals surface area (Å²) in [5, 5.41) is 2.99. The van der Waals surface area contributed by atoms with Crippen LogP contribution in [0.1, 0.15) is 44.2 Å². The van der Waals surface area contributed by atoms with Crippen LogP contribution >= 0.6 is 0 Å². The van der Waals surface area contributed by atoms with Crippen LogP contribution in [0.15, 0.2) is 77.7 Å². The van der Waals surface area contributed by atoms with E-state index in [2.05, 4.69) is 10.0 Å². The first-order valence-electron chi connectivity index (χ1n) is 11.8. The van der Waals surface area contributed by atoms with Gasteiger partial charge in [-0.25, -0.2) is 17.5 Å². The second-order valence-electron chi connectivity index (χ2n) is 9.07. The first-order valence-corrected chi connectivity index (χ1v) is 13.2. The lowest BCUT2D eigenvalue weighted by molar-refractivity contribution is -0.126. The molecular weight excluding hydrogens is 465 g/mol. The number of benzene rings is 3. The maximum Gasteiger partial charge on any atom is 0.240 e. The number of amides is 1. The van der Waals surface area contributed by atoms with Crippen LogP contribution in [-0.4, -0.2) is 20.4 Å². The molecule has 8 heteroatoms. The molecule has 4 rings (SSSR count). The van der Waals surface area contributed by atoms with E-state index in [1.54, 1.807) is 24.3 Å². The Morgan fingerprint density at radius 1 is 0.971 bits per heavy atom. The predicted octanol–water partition coefficient (Wildman–Crippen LogP) is 4.79. The molecule has 6 nitrogen and oxygen atoms in total. The number of sulfonamides is 1. The van der Waals surface area contributed by atoms with Crippen molar-refractivity contribution in [2.75, 3.05) is 5.73 Å². The molecule has 1 atom stereocenters. The highest BCUT2D eigenvalue weighted by molar-refractivity contribution is 7.89. The molecule has 1 amide bonds. The summed E-state index contributed by atoms with van der Waals surface area (Å²) in [6.45, 7) is 1.86. The van der Waals surface area contributed by atoms with E-state index < -0.39 is 10.0 Å².